The zero-order valence-electron chi connectivity index (χ0n) is 15.9. The van der Waals surface area contributed by atoms with E-state index in [1.54, 1.807) is 14.2 Å². The van der Waals surface area contributed by atoms with Crippen LogP contribution in [0.4, 0.5) is 0 Å². The molecular weight excluding hydrogens is 322 g/mol. The van der Waals surface area contributed by atoms with Gasteiger partial charge in [0.05, 0.1) is 14.2 Å². The Morgan fingerprint density at radius 1 is 0.962 bits per heavy atom. The van der Waals surface area contributed by atoms with Crippen LogP contribution in [0, 0.1) is 5.92 Å². The zero-order valence-corrected chi connectivity index (χ0v) is 15.9. The van der Waals surface area contributed by atoms with Gasteiger partial charge in [-0.2, -0.15) is 0 Å². The smallest absolute Gasteiger partial charge is 0.161 e. The van der Waals surface area contributed by atoms with E-state index in [1.807, 2.05) is 0 Å². The summed E-state index contributed by atoms with van der Waals surface area (Å²) in [5, 5.41) is 0. The average molecular weight is 351 g/mol. The Bertz CT molecular complexity index is 745. The van der Waals surface area contributed by atoms with Gasteiger partial charge in [-0.15, -0.1) is 0 Å². The quantitative estimate of drug-likeness (QED) is 0.757. The molecule has 2 aromatic rings. The molecule has 2 atom stereocenters. The number of hydrogen-bond acceptors (Lipinski definition) is 3. The molecule has 0 bridgehead atoms. The molecule has 1 aliphatic heterocycles. The fraction of sp³-hybridized carbons (Fsp3) is 0.478. The lowest BCUT2D eigenvalue weighted by Crippen LogP contribution is -2.46. The number of nitrogens with zero attached hydrogens (tertiary/aromatic N) is 1. The molecular formula is C23H29NO2. The highest BCUT2D eigenvalue weighted by atomic mass is 16.5. The molecule has 3 heteroatoms. The van der Waals surface area contributed by atoms with Crippen LogP contribution < -0.4 is 9.47 Å². The number of ether oxygens (including phenoxy) is 2. The summed E-state index contributed by atoms with van der Waals surface area (Å²) in [7, 11) is 3.44. The fourth-order valence-electron chi connectivity index (χ4n) is 5.23. The lowest BCUT2D eigenvalue weighted by molar-refractivity contribution is 0.0535. The van der Waals surface area contributed by atoms with Crippen molar-refractivity contribution in [3.8, 4) is 11.5 Å². The largest absolute Gasteiger partial charge is 0.493 e. The molecule has 3 nitrogen and oxygen atoms in total. The Morgan fingerprint density at radius 2 is 1.77 bits per heavy atom. The van der Waals surface area contributed by atoms with Crippen LogP contribution in [0.25, 0.3) is 0 Å². The highest BCUT2D eigenvalue weighted by Crippen LogP contribution is 2.53. The van der Waals surface area contributed by atoms with Crippen LogP contribution in [0.2, 0.25) is 0 Å². The van der Waals surface area contributed by atoms with Crippen molar-refractivity contribution in [1.82, 2.24) is 4.90 Å². The maximum absolute atomic E-state index is 5.62. The molecule has 1 heterocycles. The monoisotopic (exact) mass is 351 g/mol. The first-order valence-electron chi connectivity index (χ1n) is 9.79. The zero-order chi connectivity index (χ0) is 18.0. The average Bonchev–Trinajstić information content (AvgIpc) is 3.07. The van der Waals surface area contributed by atoms with Gasteiger partial charge < -0.3 is 9.47 Å². The third-order valence-electron chi connectivity index (χ3n) is 6.45. The molecule has 4 rings (SSSR count). The molecule has 0 amide bonds. The summed E-state index contributed by atoms with van der Waals surface area (Å²) in [4.78, 5) is 2.73. The van der Waals surface area contributed by atoms with Crippen LogP contribution in [-0.2, 0) is 12.1 Å². The summed E-state index contributed by atoms with van der Waals surface area (Å²) in [6.07, 6.45) is 6.52. The molecule has 138 valence electrons. The number of benzene rings is 2. The van der Waals surface area contributed by atoms with Crippen LogP contribution in [0.5, 0.6) is 11.5 Å². The summed E-state index contributed by atoms with van der Waals surface area (Å²) in [5.74, 6) is 2.39. The van der Waals surface area contributed by atoms with Crippen LogP contribution in [-0.4, -0.2) is 25.7 Å². The Kier molecular flexibility index (Phi) is 4.90. The number of hydrogen-bond donors (Lipinski definition) is 0. The second-order valence-electron chi connectivity index (χ2n) is 7.63. The van der Waals surface area contributed by atoms with Crippen LogP contribution in [0.15, 0.2) is 48.5 Å². The van der Waals surface area contributed by atoms with Gasteiger partial charge in [0.15, 0.2) is 11.5 Å². The highest BCUT2D eigenvalue weighted by molar-refractivity contribution is 5.46. The fourth-order valence-corrected chi connectivity index (χ4v) is 5.23. The Morgan fingerprint density at radius 3 is 2.54 bits per heavy atom. The third kappa shape index (κ3) is 2.88. The Balaban J connectivity index is 1.74. The molecule has 0 aromatic heterocycles. The minimum absolute atomic E-state index is 0.133. The van der Waals surface area contributed by atoms with Crippen molar-refractivity contribution in [1.29, 1.82) is 0 Å². The molecule has 1 saturated heterocycles. The summed E-state index contributed by atoms with van der Waals surface area (Å²) in [5.41, 5.74) is 2.93. The predicted molar refractivity (Wildman–Crippen MR) is 105 cm³/mol. The third-order valence-corrected chi connectivity index (χ3v) is 6.45. The summed E-state index contributed by atoms with van der Waals surface area (Å²) in [6.45, 7) is 2.19. The number of fused-ring (bicyclic) bond motifs is 1. The topological polar surface area (TPSA) is 21.7 Å². The molecule has 1 saturated carbocycles. The van der Waals surface area contributed by atoms with Crippen molar-refractivity contribution < 1.29 is 9.47 Å². The van der Waals surface area contributed by atoms with E-state index in [0.29, 0.717) is 0 Å². The van der Waals surface area contributed by atoms with Crippen molar-refractivity contribution in [3.63, 3.8) is 0 Å². The van der Waals surface area contributed by atoms with E-state index in [4.69, 9.17) is 9.47 Å². The SMILES string of the molecule is COc1ccc([C@]23CCCC[C@H]2CCN3Cc2ccccc2)cc1OC. The van der Waals surface area contributed by atoms with Gasteiger partial charge in [0.1, 0.15) is 0 Å². The molecule has 0 N–H and O–H groups in total. The van der Waals surface area contributed by atoms with E-state index in [0.717, 1.165) is 24.0 Å². The van der Waals surface area contributed by atoms with Gasteiger partial charge in [-0.05, 0) is 55.0 Å². The van der Waals surface area contributed by atoms with Crippen LogP contribution >= 0.6 is 0 Å². The molecule has 2 aliphatic rings. The first-order valence-corrected chi connectivity index (χ1v) is 9.79. The maximum atomic E-state index is 5.62. The second-order valence-corrected chi connectivity index (χ2v) is 7.63. The van der Waals surface area contributed by atoms with Crippen molar-refractivity contribution in [2.24, 2.45) is 5.92 Å². The first kappa shape index (κ1) is 17.4. The van der Waals surface area contributed by atoms with E-state index < -0.39 is 0 Å². The van der Waals surface area contributed by atoms with E-state index in [9.17, 15) is 0 Å². The summed E-state index contributed by atoms with van der Waals surface area (Å²) >= 11 is 0. The normalized spacial score (nSPS) is 25.7. The minimum atomic E-state index is 0.133. The molecule has 1 aliphatic carbocycles. The summed E-state index contributed by atoms with van der Waals surface area (Å²) < 4.78 is 11.1. The first-order chi connectivity index (χ1) is 12.8. The minimum Gasteiger partial charge on any atom is -0.493 e. The lowest BCUT2D eigenvalue weighted by atomic mass is 9.69. The highest BCUT2D eigenvalue weighted by Gasteiger charge is 2.50. The number of rotatable bonds is 5. The predicted octanol–water partition coefficient (Wildman–Crippen LogP) is 5.00. The second kappa shape index (κ2) is 7.32. The van der Waals surface area contributed by atoms with Gasteiger partial charge in [-0.1, -0.05) is 49.2 Å². The van der Waals surface area contributed by atoms with Crippen molar-refractivity contribution >= 4 is 0 Å². The van der Waals surface area contributed by atoms with Crippen molar-refractivity contribution in [2.45, 2.75) is 44.2 Å². The Hall–Kier alpha value is -2.00. The lowest BCUT2D eigenvalue weighted by Gasteiger charge is -2.46. The maximum Gasteiger partial charge on any atom is 0.161 e. The molecule has 0 spiro atoms. The van der Waals surface area contributed by atoms with Crippen molar-refractivity contribution in [2.75, 3.05) is 20.8 Å². The van der Waals surface area contributed by atoms with E-state index in [-0.39, 0.29) is 5.54 Å². The molecule has 26 heavy (non-hydrogen) atoms. The number of likely N-dealkylation sites (tertiary alicyclic amines) is 1. The van der Waals surface area contributed by atoms with Gasteiger partial charge in [0, 0.05) is 12.1 Å². The van der Waals surface area contributed by atoms with Gasteiger partial charge in [-0.3, -0.25) is 4.90 Å². The van der Waals surface area contributed by atoms with Gasteiger partial charge in [-0.25, -0.2) is 0 Å². The van der Waals surface area contributed by atoms with Crippen LogP contribution in [0.3, 0.4) is 0 Å². The molecule has 0 unspecified atom stereocenters. The summed E-state index contributed by atoms with van der Waals surface area (Å²) in [6, 6.07) is 17.5. The molecule has 0 radical (unpaired) electrons. The molecule has 2 aromatic carbocycles. The van der Waals surface area contributed by atoms with E-state index >= 15 is 0 Å². The van der Waals surface area contributed by atoms with Gasteiger partial charge in [0.25, 0.3) is 0 Å². The van der Waals surface area contributed by atoms with Crippen LogP contribution in [0.1, 0.15) is 43.2 Å². The van der Waals surface area contributed by atoms with E-state index in [2.05, 4.69) is 53.4 Å². The van der Waals surface area contributed by atoms with E-state index in [1.165, 1.54) is 49.8 Å². The van der Waals surface area contributed by atoms with Crippen molar-refractivity contribution in [3.05, 3.63) is 59.7 Å². The molecule has 2 fully saturated rings. The number of methoxy groups -OCH3 is 2. The van der Waals surface area contributed by atoms with Gasteiger partial charge in [0.2, 0.25) is 0 Å². The Labute approximate surface area is 156 Å². The van der Waals surface area contributed by atoms with Gasteiger partial charge >= 0.3 is 0 Å². The standard InChI is InChI=1S/C23H29NO2/c1-25-21-12-11-20(16-22(21)26-2)23-14-7-6-10-19(23)13-15-24(23)17-18-8-4-3-5-9-18/h3-5,8-9,11-12,16,19H,6-7,10,13-15,17H2,1-2H3/t19-,23-/m0/s1.